The molecule has 0 saturated carbocycles. The second-order valence-corrected chi connectivity index (χ2v) is 6.47. The Morgan fingerprint density at radius 1 is 0.964 bits per heavy atom. The number of benzene rings is 1. The molecule has 9 heteroatoms. The summed E-state index contributed by atoms with van der Waals surface area (Å²) < 4.78 is 0. The highest BCUT2D eigenvalue weighted by molar-refractivity contribution is 5.93. The molecule has 0 saturated heterocycles. The van der Waals surface area contributed by atoms with Crippen LogP contribution in [0.4, 0.5) is 0 Å². The Morgan fingerprint density at radius 3 is 2.21 bits per heavy atom. The molecular weight excluding hydrogens is 362 g/mol. The van der Waals surface area contributed by atoms with Crippen molar-refractivity contribution in [3.05, 3.63) is 35.9 Å². The lowest BCUT2D eigenvalue weighted by Crippen LogP contribution is -2.54. The summed E-state index contributed by atoms with van der Waals surface area (Å²) in [6, 6.07) is 7.45. The van der Waals surface area contributed by atoms with Crippen LogP contribution in [-0.2, 0) is 25.6 Å². The fourth-order valence-corrected chi connectivity index (χ4v) is 2.64. The molecule has 0 aliphatic carbocycles. The van der Waals surface area contributed by atoms with Crippen molar-refractivity contribution in [1.29, 1.82) is 0 Å². The molecule has 2 atom stereocenters. The maximum atomic E-state index is 12.7. The van der Waals surface area contributed by atoms with Crippen LogP contribution in [-0.4, -0.2) is 48.8 Å². The molecule has 1 aromatic carbocycles. The Kier molecular flexibility index (Phi) is 10.3. The molecule has 0 aliphatic rings. The van der Waals surface area contributed by atoms with Crippen LogP contribution in [0.3, 0.4) is 0 Å². The minimum Gasteiger partial charge on any atom is -0.368 e. The van der Waals surface area contributed by atoms with Crippen molar-refractivity contribution < 1.29 is 19.2 Å². The highest BCUT2D eigenvalue weighted by Crippen LogP contribution is 2.06. The topological polar surface area (TPSA) is 156 Å². The van der Waals surface area contributed by atoms with E-state index in [1.54, 1.807) is 0 Å². The average molecular weight is 391 g/mol. The zero-order valence-electron chi connectivity index (χ0n) is 16.1. The minimum atomic E-state index is -0.917. The standard InChI is InChI=1S/C19H29N5O4/c1-13(25)23-15(9-5-6-10-20)19(28)24-16(18(27)22-12-17(21)26)11-14-7-3-2-4-8-14/h2-4,7-8,15-16H,5-6,9-12,20H2,1H3,(H2,21,26)(H,22,27)(H,23,25)(H,24,28)/t15-,16+/m1/s1. The molecule has 7 N–H and O–H groups in total. The van der Waals surface area contributed by atoms with E-state index in [0.717, 1.165) is 12.0 Å². The van der Waals surface area contributed by atoms with Crippen LogP contribution >= 0.6 is 0 Å². The lowest BCUT2D eigenvalue weighted by atomic mass is 10.0. The number of carbonyl (C=O) groups excluding carboxylic acids is 4. The molecule has 9 nitrogen and oxygen atoms in total. The molecule has 28 heavy (non-hydrogen) atoms. The second-order valence-electron chi connectivity index (χ2n) is 6.47. The summed E-state index contributed by atoms with van der Waals surface area (Å²) in [7, 11) is 0. The first-order valence-electron chi connectivity index (χ1n) is 9.21. The quantitative estimate of drug-likeness (QED) is 0.287. The van der Waals surface area contributed by atoms with Gasteiger partial charge in [0.15, 0.2) is 0 Å². The number of nitrogens with two attached hydrogens (primary N) is 2. The van der Waals surface area contributed by atoms with E-state index in [4.69, 9.17) is 11.5 Å². The molecular formula is C19H29N5O4. The molecule has 0 heterocycles. The predicted molar refractivity (Wildman–Crippen MR) is 105 cm³/mol. The van der Waals surface area contributed by atoms with E-state index in [0.29, 0.717) is 19.4 Å². The van der Waals surface area contributed by atoms with Crippen molar-refractivity contribution in [2.75, 3.05) is 13.1 Å². The second kappa shape index (κ2) is 12.4. The van der Waals surface area contributed by atoms with E-state index >= 15 is 0 Å². The predicted octanol–water partition coefficient (Wildman–Crippen LogP) is -1.05. The summed E-state index contributed by atoms with van der Waals surface area (Å²) in [6.45, 7) is 1.48. The van der Waals surface area contributed by atoms with Crippen LogP contribution in [0.1, 0.15) is 31.7 Å². The normalized spacial score (nSPS) is 12.5. The Labute approximate surface area is 164 Å². The van der Waals surface area contributed by atoms with Crippen LogP contribution in [0, 0.1) is 0 Å². The van der Waals surface area contributed by atoms with E-state index in [9.17, 15) is 19.2 Å². The van der Waals surface area contributed by atoms with Crippen molar-refractivity contribution >= 4 is 23.6 Å². The van der Waals surface area contributed by atoms with Crippen LogP contribution in [0.2, 0.25) is 0 Å². The van der Waals surface area contributed by atoms with Gasteiger partial charge in [0.1, 0.15) is 12.1 Å². The number of hydrogen-bond donors (Lipinski definition) is 5. The van der Waals surface area contributed by atoms with Gasteiger partial charge in [-0.2, -0.15) is 0 Å². The van der Waals surface area contributed by atoms with Gasteiger partial charge in [0, 0.05) is 13.3 Å². The van der Waals surface area contributed by atoms with Crippen LogP contribution in [0.25, 0.3) is 0 Å². The number of unbranched alkanes of at least 4 members (excludes halogenated alkanes) is 1. The van der Waals surface area contributed by atoms with Gasteiger partial charge in [-0.15, -0.1) is 0 Å². The van der Waals surface area contributed by atoms with Gasteiger partial charge in [-0.25, -0.2) is 0 Å². The maximum absolute atomic E-state index is 12.7. The molecule has 0 fully saturated rings. The van der Waals surface area contributed by atoms with Crippen molar-refractivity contribution in [1.82, 2.24) is 16.0 Å². The maximum Gasteiger partial charge on any atom is 0.243 e. The Balaban J connectivity index is 2.87. The molecule has 0 aliphatic heterocycles. The lowest BCUT2D eigenvalue weighted by Gasteiger charge is -2.23. The van der Waals surface area contributed by atoms with Gasteiger partial charge in [-0.05, 0) is 31.4 Å². The van der Waals surface area contributed by atoms with Crippen molar-refractivity contribution in [2.24, 2.45) is 11.5 Å². The molecule has 0 unspecified atom stereocenters. The summed E-state index contributed by atoms with van der Waals surface area (Å²) in [5.41, 5.74) is 11.4. The van der Waals surface area contributed by atoms with Crippen molar-refractivity contribution in [2.45, 2.75) is 44.7 Å². The molecule has 4 amide bonds. The Bertz CT molecular complexity index is 666. The molecule has 1 aromatic rings. The van der Waals surface area contributed by atoms with E-state index in [1.165, 1.54) is 6.92 Å². The number of nitrogens with one attached hydrogen (secondary N) is 3. The largest absolute Gasteiger partial charge is 0.368 e. The van der Waals surface area contributed by atoms with Crippen molar-refractivity contribution in [3.63, 3.8) is 0 Å². The van der Waals surface area contributed by atoms with Gasteiger partial charge >= 0.3 is 0 Å². The molecule has 1 rings (SSSR count). The van der Waals surface area contributed by atoms with Gasteiger partial charge in [0.25, 0.3) is 0 Å². The molecule has 154 valence electrons. The third kappa shape index (κ3) is 9.13. The average Bonchev–Trinajstić information content (AvgIpc) is 2.65. The summed E-state index contributed by atoms with van der Waals surface area (Å²) in [5.74, 6) is -2.02. The fraction of sp³-hybridized carbons (Fsp3) is 0.474. The van der Waals surface area contributed by atoms with E-state index < -0.39 is 29.8 Å². The summed E-state index contributed by atoms with van der Waals surface area (Å²) in [5, 5.41) is 7.68. The Hall–Kier alpha value is -2.94. The smallest absolute Gasteiger partial charge is 0.243 e. The summed E-state index contributed by atoms with van der Waals surface area (Å²) in [6.07, 6.45) is 2.01. The molecule has 0 radical (unpaired) electrons. The molecule has 0 aromatic heterocycles. The monoisotopic (exact) mass is 391 g/mol. The van der Waals surface area contributed by atoms with Gasteiger partial charge in [0.2, 0.25) is 23.6 Å². The third-order valence-corrected chi connectivity index (χ3v) is 3.99. The first kappa shape index (κ1) is 23.1. The number of amides is 4. The SMILES string of the molecule is CC(=O)N[C@H](CCCCN)C(=O)N[C@@H](Cc1ccccc1)C(=O)NCC(N)=O. The van der Waals surface area contributed by atoms with E-state index in [-0.39, 0.29) is 18.9 Å². The molecule has 0 spiro atoms. The first-order chi connectivity index (χ1) is 13.3. The van der Waals surface area contributed by atoms with Crippen LogP contribution in [0.15, 0.2) is 30.3 Å². The van der Waals surface area contributed by atoms with Crippen molar-refractivity contribution in [3.8, 4) is 0 Å². The minimum absolute atomic E-state index is 0.229. The zero-order valence-corrected chi connectivity index (χ0v) is 16.1. The Morgan fingerprint density at radius 2 is 1.64 bits per heavy atom. The summed E-state index contributed by atoms with van der Waals surface area (Å²) >= 11 is 0. The van der Waals surface area contributed by atoms with E-state index in [1.807, 2.05) is 30.3 Å². The van der Waals surface area contributed by atoms with Crippen LogP contribution in [0.5, 0.6) is 0 Å². The van der Waals surface area contributed by atoms with Gasteiger partial charge in [0.05, 0.1) is 6.54 Å². The van der Waals surface area contributed by atoms with Crippen LogP contribution < -0.4 is 27.4 Å². The summed E-state index contributed by atoms with van der Waals surface area (Å²) in [4.78, 5) is 47.5. The number of primary amides is 1. The molecule has 0 bridgehead atoms. The van der Waals surface area contributed by atoms with Gasteiger partial charge in [-0.3, -0.25) is 19.2 Å². The highest BCUT2D eigenvalue weighted by atomic mass is 16.2. The number of rotatable bonds is 12. The number of carbonyl (C=O) groups is 4. The zero-order chi connectivity index (χ0) is 20.9. The lowest BCUT2D eigenvalue weighted by molar-refractivity contribution is -0.132. The van der Waals surface area contributed by atoms with E-state index in [2.05, 4.69) is 16.0 Å². The fourth-order valence-electron chi connectivity index (χ4n) is 2.64. The first-order valence-corrected chi connectivity index (χ1v) is 9.21. The number of hydrogen-bond acceptors (Lipinski definition) is 5. The van der Waals surface area contributed by atoms with Gasteiger partial charge in [-0.1, -0.05) is 30.3 Å². The van der Waals surface area contributed by atoms with Gasteiger partial charge < -0.3 is 27.4 Å². The third-order valence-electron chi connectivity index (χ3n) is 3.99. The highest BCUT2D eigenvalue weighted by Gasteiger charge is 2.26.